The van der Waals surface area contributed by atoms with Gasteiger partial charge in [-0.1, -0.05) is 39.4 Å². The highest BCUT2D eigenvalue weighted by Gasteiger charge is 2.11. The molecule has 0 fully saturated rings. The summed E-state index contributed by atoms with van der Waals surface area (Å²) >= 11 is 4.12. The van der Waals surface area contributed by atoms with Gasteiger partial charge in [0, 0.05) is 10.0 Å². The summed E-state index contributed by atoms with van der Waals surface area (Å²) in [5.41, 5.74) is -0.343. The lowest BCUT2D eigenvalue weighted by molar-refractivity contribution is 0.177. The smallest absolute Gasteiger partial charge is 0.310 e. The van der Waals surface area contributed by atoms with Crippen molar-refractivity contribution >= 4 is 37.4 Å². The van der Waals surface area contributed by atoms with Crippen molar-refractivity contribution in [2.45, 2.75) is 12.6 Å². The predicted molar refractivity (Wildman–Crippen MR) is 72.2 cm³/mol. The summed E-state index contributed by atoms with van der Waals surface area (Å²) in [4.78, 5) is 23.5. The molecule has 6 heteroatoms. The van der Waals surface area contributed by atoms with Crippen LogP contribution >= 0.6 is 27.3 Å². The molecule has 1 unspecified atom stereocenters. The lowest BCUT2D eigenvalue weighted by Gasteiger charge is -2.08. The third-order valence-electron chi connectivity index (χ3n) is 2.35. The first-order valence-corrected chi connectivity index (χ1v) is 6.94. The summed E-state index contributed by atoms with van der Waals surface area (Å²) in [5.74, 6) is 0. The van der Waals surface area contributed by atoms with Crippen molar-refractivity contribution in [1.29, 1.82) is 0 Å². The van der Waals surface area contributed by atoms with Crippen LogP contribution in [0.4, 0.5) is 0 Å². The van der Waals surface area contributed by atoms with E-state index in [0.29, 0.717) is 15.4 Å². The number of alkyl halides is 1. The van der Waals surface area contributed by atoms with Gasteiger partial charge in [0.15, 0.2) is 0 Å². The molecule has 4 nitrogen and oxygen atoms in total. The van der Waals surface area contributed by atoms with Gasteiger partial charge < -0.3 is 5.11 Å². The van der Waals surface area contributed by atoms with E-state index in [9.17, 15) is 14.7 Å². The molecular weight excluding hydrogens is 306 g/mol. The van der Waals surface area contributed by atoms with Gasteiger partial charge in [-0.3, -0.25) is 14.2 Å². The monoisotopic (exact) mass is 315 g/mol. The first-order valence-electron chi connectivity index (χ1n) is 5.00. The summed E-state index contributed by atoms with van der Waals surface area (Å²) in [6.07, 6.45) is -0.742. The summed E-state index contributed by atoms with van der Waals surface area (Å²) in [7, 11) is 0. The molecule has 2 rings (SSSR count). The van der Waals surface area contributed by atoms with Gasteiger partial charge in [0.1, 0.15) is 0 Å². The second-order valence-corrected chi connectivity index (χ2v) is 5.23. The van der Waals surface area contributed by atoms with Crippen LogP contribution in [0.25, 0.3) is 10.1 Å². The summed E-state index contributed by atoms with van der Waals surface area (Å²) in [6.45, 7) is 0.0181. The SMILES string of the molecule is O=c1sc2ccccc2c(=O)n1CC(O)CBr. The maximum atomic E-state index is 12.0. The van der Waals surface area contributed by atoms with Crippen LogP contribution in [0.2, 0.25) is 0 Å². The third-order valence-corrected chi connectivity index (χ3v) is 4.07. The van der Waals surface area contributed by atoms with Gasteiger partial charge in [0.2, 0.25) is 0 Å². The van der Waals surface area contributed by atoms with Crippen molar-refractivity contribution < 1.29 is 5.11 Å². The van der Waals surface area contributed by atoms with Crippen molar-refractivity contribution in [2.24, 2.45) is 0 Å². The van der Waals surface area contributed by atoms with Crippen molar-refractivity contribution in [3.8, 4) is 0 Å². The normalized spacial score (nSPS) is 12.8. The summed E-state index contributed by atoms with van der Waals surface area (Å²) in [6, 6.07) is 6.97. The van der Waals surface area contributed by atoms with Crippen LogP contribution in [0.1, 0.15) is 0 Å². The van der Waals surface area contributed by atoms with Crippen LogP contribution in [0.3, 0.4) is 0 Å². The molecule has 1 N–H and O–H groups in total. The molecule has 0 aliphatic heterocycles. The van der Waals surface area contributed by atoms with Crippen LogP contribution in [0.5, 0.6) is 0 Å². The van der Waals surface area contributed by atoms with E-state index in [-0.39, 0.29) is 17.0 Å². The number of nitrogens with zero attached hydrogens (tertiary/aromatic N) is 1. The summed E-state index contributed by atoms with van der Waals surface area (Å²) < 4.78 is 1.76. The van der Waals surface area contributed by atoms with E-state index in [2.05, 4.69) is 15.9 Å². The van der Waals surface area contributed by atoms with Gasteiger partial charge in [0.05, 0.1) is 18.0 Å². The van der Waals surface area contributed by atoms with Crippen LogP contribution in [-0.4, -0.2) is 21.1 Å². The zero-order valence-corrected chi connectivity index (χ0v) is 11.2. The quantitative estimate of drug-likeness (QED) is 0.865. The molecule has 1 aromatic heterocycles. The van der Waals surface area contributed by atoms with E-state index >= 15 is 0 Å². The number of aromatic nitrogens is 1. The number of hydrogen-bond donors (Lipinski definition) is 1. The Bertz CT molecular complexity index is 649. The Morgan fingerprint density at radius 1 is 1.35 bits per heavy atom. The number of aliphatic hydroxyl groups is 1. The maximum absolute atomic E-state index is 12.0. The van der Waals surface area contributed by atoms with Crippen molar-refractivity contribution in [3.63, 3.8) is 0 Å². The first-order chi connectivity index (χ1) is 8.13. The minimum atomic E-state index is -0.742. The molecule has 1 aromatic carbocycles. The Balaban J connectivity index is 2.64. The van der Waals surface area contributed by atoms with E-state index in [4.69, 9.17) is 0 Å². The molecule has 0 aliphatic carbocycles. The molecule has 90 valence electrons. The highest BCUT2D eigenvalue weighted by Crippen LogP contribution is 2.10. The second-order valence-electron chi connectivity index (χ2n) is 3.59. The first kappa shape index (κ1) is 12.5. The minimum absolute atomic E-state index is 0.0181. The number of benzene rings is 1. The molecule has 0 amide bonds. The van der Waals surface area contributed by atoms with E-state index in [1.807, 2.05) is 0 Å². The molecule has 0 aliphatic rings. The lowest BCUT2D eigenvalue weighted by Crippen LogP contribution is -2.35. The Labute approximate surface area is 109 Å². The number of fused-ring (bicyclic) bond motifs is 1. The third kappa shape index (κ3) is 2.48. The van der Waals surface area contributed by atoms with Crippen LogP contribution in [0.15, 0.2) is 33.9 Å². The number of rotatable bonds is 3. The van der Waals surface area contributed by atoms with Crippen LogP contribution in [-0.2, 0) is 6.54 Å². The van der Waals surface area contributed by atoms with Crippen molar-refractivity contribution in [2.75, 3.05) is 5.33 Å². The van der Waals surface area contributed by atoms with Gasteiger partial charge in [-0.05, 0) is 12.1 Å². The molecule has 1 heterocycles. The molecule has 2 aromatic rings. The number of aliphatic hydroxyl groups excluding tert-OH is 1. The molecule has 17 heavy (non-hydrogen) atoms. The highest BCUT2D eigenvalue weighted by molar-refractivity contribution is 9.09. The molecular formula is C11H10BrNO3S. The Morgan fingerprint density at radius 2 is 2.06 bits per heavy atom. The van der Waals surface area contributed by atoms with E-state index < -0.39 is 6.10 Å². The standard InChI is InChI=1S/C11H10BrNO3S/c12-5-7(14)6-13-10(15)8-3-1-2-4-9(8)17-11(13)16/h1-4,7,14H,5-6H2. The average Bonchev–Trinajstić information content (AvgIpc) is 2.34. The van der Waals surface area contributed by atoms with Gasteiger partial charge in [-0.2, -0.15) is 0 Å². The highest BCUT2D eigenvalue weighted by atomic mass is 79.9. The van der Waals surface area contributed by atoms with Crippen molar-refractivity contribution in [1.82, 2.24) is 4.57 Å². The fraction of sp³-hybridized carbons (Fsp3) is 0.273. The Morgan fingerprint density at radius 3 is 2.76 bits per heavy atom. The van der Waals surface area contributed by atoms with Crippen molar-refractivity contribution in [3.05, 3.63) is 44.3 Å². The molecule has 0 spiro atoms. The fourth-order valence-electron chi connectivity index (χ4n) is 1.53. The second kappa shape index (κ2) is 5.12. The average molecular weight is 316 g/mol. The fourth-order valence-corrected chi connectivity index (χ4v) is 2.60. The lowest BCUT2D eigenvalue weighted by atomic mass is 10.3. The summed E-state index contributed by atoms with van der Waals surface area (Å²) in [5, 5.41) is 10.3. The van der Waals surface area contributed by atoms with E-state index in [0.717, 1.165) is 15.9 Å². The maximum Gasteiger partial charge on any atom is 0.310 e. The topological polar surface area (TPSA) is 59.3 Å². The molecule has 0 saturated carbocycles. The van der Waals surface area contributed by atoms with Gasteiger partial charge in [0.25, 0.3) is 5.56 Å². The minimum Gasteiger partial charge on any atom is -0.390 e. The zero-order valence-electron chi connectivity index (χ0n) is 8.80. The largest absolute Gasteiger partial charge is 0.390 e. The van der Waals surface area contributed by atoms with Crippen LogP contribution in [0, 0.1) is 0 Å². The molecule has 0 saturated heterocycles. The number of hydrogen-bond acceptors (Lipinski definition) is 4. The van der Waals surface area contributed by atoms with Gasteiger partial charge >= 0.3 is 4.87 Å². The van der Waals surface area contributed by atoms with E-state index in [1.54, 1.807) is 24.3 Å². The van der Waals surface area contributed by atoms with Gasteiger partial charge in [-0.25, -0.2) is 0 Å². The van der Waals surface area contributed by atoms with Crippen LogP contribution < -0.4 is 10.4 Å². The zero-order chi connectivity index (χ0) is 12.4. The van der Waals surface area contributed by atoms with E-state index in [1.165, 1.54) is 0 Å². The van der Waals surface area contributed by atoms with Gasteiger partial charge in [-0.15, -0.1) is 0 Å². The number of halogens is 1. The molecule has 0 bridgehead atoms. The predicted octanol–water partition coefficient (Wildman–Crippen LogP) is 1.18. The molecule has 1 atom stereocenters. The molecule has 0 radical (unpaired) electrons. The Kier molecular flexibility index (Phi) is 3.76. The Hall–Kier alpha value is -0.980.